The molecule has 1 N–H and O–H groups in total. The number of nitrogens with zero attached hydrogens (tertiary/aromatic N) is 2. The normalized spacial score (nSPS) is 12.0. The van der Waals surface area contributed by atoms with E-state index in [0.717, 1.165) is 10.7 Å². The van der Waals surface area contributed by atoms with Crippen LogP contribution >= 0.6 is 23.2 Å². The second-order valence-electron chi connectivity index (χ2n) is 8.63. The van der Waals surface area contributed by atoms with Crippen LogP contribution in [-0.2, 0) is 26.2 Å². The maximum absolute atomic E-state index is 13.9. The minimum atomic E-state index is -4.09. The molecule has 0 radical (unpaired) electrons. The average molecular weight is 577 g/mol. The number of rotatable bonds is 12. The minimum absolute atomic E-state index is 0.000894. The Morgan fingerprint density at radius 3 is 2.13 bits per heavy atom. The Hall–Kier alpha value is -3.07. The largest absolute Gasteiger partial charge is 0.354 e. The van der Waals surface area contributed by atoms with Gasteiger partial charge >= 0.3 is 0 Å². The smallest absolute Gasteiger partial charge is 0.264 e. The second kappa shape index (κ2) is 13.6. The first-order valence-corrected chi connectivity index (χ1v) is 14.5. The van der Waals surface area contributed by atoms with Crippen LogP contribution in [0.5, 0.6) is 0 Å². The lowest BCUT2D eigenvalue weighted by Crippen LogP contribution is -2.52. The molecule has 3 rings (SSSR count). The van der Waals surface area contributed by atoms with Gasteiger partial charge in [-0.05, 0) is 54.8 Å². The number of sulfonamides is 1. The van der Waals surface area contributed by atoms with E-state index in [0.29, 0.717) is 34.3 Å². The molecule has 0 heterocycles. The third-order valence-corrected chi connectivity index (χ3v) is 8.32. The van der Waals surface area contributed by atoms with Crippen molar-refractivity contribution in [3.05, 3.63) is 94.5 Å². The number of carbonyl (C=O) groups is 2. The first-order valence-electron chi connectivity index (χ1n) is 12.3. The Labute approximate surface area is 234 Å². The molecule has 0 aliphatic heterocycles. The standard InChI is InChI=1S/C28H31Cl2N3O4S/c1-3-17-31-28(35)26(4-2)32(19-21-15-16-22(29)18-25(21)30)27(34)20-33(23-11-7-5-8-12-23)38(36,37)24-13-9-6-10-14-24/h5-16,18,26H,3-4,17,19-20H2,1-2H3,(H,31,35)/t26-/m1/s1. The van der Waals surface area contributed by atoms with Gasteiger partial charge < -0.3 is 10.2 Å². The van der Waals surface area contributed by atoms with E-state index in [1.807, 2.05) is 6.92 Å². The van der Waals surface area contributed by atoms with Gasteiger partial charge in [-0.25, -0.2) is 8.42 Å². The van der Waals surface area contributed by atoms with Crippen molar-refractivity contribution >= 4 is 50.7 Å². The molecule has 38 heavy (non-hydrogen) atoms. The molecule has 3 aromatic carbocycles. The van der Waals surface area contributed by atoms with Gasteiger partial charge in [-0.1, -0.05) is 79.5 Å². The summed E-state index contributed by atoms with van der Waals surface area (Å²) < 4.78 is 28.5. The summed E-state index contributed by atoms with van der Waals surface area (Å²) in [7, 11) is -4.09. The first kappa shape index (κ1) is 29.5. The van der Waals surface area contributed by atoms with Gasteiger partial charge in [0.05, 0.1) is 10.6 Å². The molecule has 1 atom stereocenters. The lowest BCUT2D eigenvalue weighted by atomic mass is 10.1. The third kappa shape index (κ3) is 7.28. The zero-order valence-electron chi connectivity index (χ0n) is 21.3. The molecule has 0 saturated heterocycles. The molecule has 7 nitrogen and oxygen atoms in total. The van der Waals surface area contributed by atoms with E-state index >= 15 is 0 Å². The van der Waals surface area contributed by atoms with Crippen LogP contribution in [0.25, 0.3) is 0 Å². The van der Waals surface area contributed by atoms with Gasteiger partial charge in [0.1, 0.15) is 12.6 Å². The summed E-state index contributed by atoms with van der Waals surface area (Å²) in [5.74, 6) is -0.858. The highest BCUT2D eigenvalue weighted by Crippen LogP contribution is 2.26. The molecule has 0 aliphatic carbocycles. The van der Waals surface area contributed by atoms with E-state index in [1.54, 1.807) is 73.7 Å². The summed E-state index contributed by atoms with van der Waals surface area (Å²) in [5.41, 5.74) is 0.918. The molecular formula is C28H31Cl2N3O4S. The molecular weight excluding hydrogens is 545 g/mol. The third-order valence-electron chi connectivity index (χ3n) is 5.95. The number of hydrogen-bond donors (Lipinski definition) is 1. The van der Waals surface area contributed by atoms with E-state index in [9.17, 15) is 18.0 Å². The molecule has 0 aliphatic rings. The fourth-order valence-electron chi connectivity index (χ4n) is 3.96. The highest BCUT2D eigenvalue weighted by molar-refractivity contribution is 7.92. The van der Waals surface area contributed by atoms with Gasteiger partial charge in [-0.2, -0.15) is 0 Å². The van der Waals surface area contributed by atoms with Crippen LogP contribution < -0.4 is 9.62 Å². The zero-order chi connectivity index (χ0) is 27.7. The lowest BCUT2D eigenvalue weighted by Gasteiger charge is -2.33. The van der Waals surface area contributed by atoms with Crippen molar-refractivity contribution in [3.63, 3.8) is 0 Å². The average Bonchev–Trinajstić information content (AvgIpc) is 2.92. The molecule has 0 unspecified atom stereocenters. The summed E-state index contributed by atoms with van der Waals surface area (Å²) in [5, 5.41) is 3.63. The Balaban J connectivity index is 2.04. The van der Waals surface area contributed by atoms with E-state index in [-0.39, 0.29) is 17.3 Å². The van der Waals surface area contributed by atoms with Gasteiger partial charge in [0.2, 0.25) is 11.8 Å². The number of hydrogen-bond acceptors (Lipinski definition) is 4. The van der Waals surface area contributed by atoms with Crippen LogP contribution in [0.2, 0.25) is 10.0 Å². The minimum Gasteiger partial charge on any atom is -0.354 e. The van der Waals surface area contributed by atoms with Crippen LogP contribution in [0.3, 0.4) is 0 Å². The first-order chi connectivity index (χ1) is 18.2. The molecule has 10 heteroatoms. The van der Waals surface area contributed by atoms with E-state index < -0.39 is 28.5 Å². The summed E-state index contributed by atoms with van der Waals surface area (Å²) in [6.07, 6.45) is 1.06. The van der Waals surface area contributed by atoms with Crippen molar-refractivity contribution < 1.29 is 18.0 Å². The number of carbonyl (C=O) groups excluding carboxylic acids is 2. The predicted molar refractivity (Wildman–Crippen MR) is 152 cm³/mol. The number of halogens is 2. The van der Waals surface area contributed by atoms with Crippen LogP contribution in [0.4, 0.5) is 5.69 Å². The number of anilines is 1. The Morgan fingerprint density at radius 2 is 1.55 bits per heavy atom. The van der Waals surface area contributed by atoms with Crippen LogP contribution in [0, 0.1) is 0 Å². The van der Waals surface area contributed by atoms with E-state index in [4.69, 9.17) is 23.2 Å². The van der Waals surface area contributed by atoms with Crippen LogP contribution in [-0.4, -0.2) is 44.3 Å². The molecule has 0 aromatic heterocycles. The fourth-order valence-corrected chi connectivity index (χ4v) is 5.87. The quantitative estimate of drug-likeness (QED) is 0.308. The maximum atomic E-state index is 13.9. The summed E-state index contributed by atoms with van der Waals surface area (Å²) in [6, 6.07) is 20.4. The molecule has 0 bridgehead atoms. The van der Waals surface area contributed by atoms with Gasteiger partial charge in [-0.3, -0.25) is 13.9 Å². The van der Waals surface area contributed by atoms with Crippen molar-refractivity contribution in [1.82, 2.24) is 10.2 Å². The molecule has 0 saturated carbocycles. The molecule has 0 spiro atoms. The van der Waals surface area contributed by atoms with E-state index in [2.05, 4.69) is 5.32 Å². The van der Waals surface area contributed by atoms with Crippen LogP contribution in [0.1, 0.15) is 32.3 Å². The molecule has 3 aromatic rings. The van der Waals surface area contributed by atoms with Crippen molar-refractivity contribution in [2.24, 2.45) is 0 Å². The SMILES string of the molecule is CCCNC(=O)[C@@H](CC)N(Cc1ccc(Cl)cc1Cl)C(=O)CN(c1ccccc1)S(=O)(=O)c1ccccc1. The van der Waals surface area contributed by atoms with Crippen molar-refractivity contribution in [2.45, 2.75) is 44.2 Å². The monoisotopic (exact) mass is 575 g/mol. The highest BCUT2D eigenvalue weighted by Gasteiger charge is 2.33. The number of benzene rings is 3. The summed E-state index contributed by atoms with van der Waals surface area (Å²) >= 11 is 12.5. The molecule has 202 valence electrons. The van der Waals surface area contributed by atoms with Gasteiger partial charge in [0, 0.05) is 23.1 Å². The molecule has 0 fully saturated rings. The number of amides is 2. The van der Waals surface area contributed by atoms with Gasteiger partial charge in [0.25, 0.3) is 10.0 Å². The van der Waals surface area contributed by atoms with E-state index in [1.165, 1.54) is 17.0 Å². The second-order valence-corrected chi connectivity index (χ2v) is 11.3. The number of para-hydroxylation sites is 1. The summed E-state index contributed by atoms with van der Waals surface area (Å²) in [4.78, 5) is 28.5. The number of nitrogens with one attached hydrogen (secondary N) is 1. The Kier molecular flexibility index (Phi) is 10.6. The predicted octanol–water partition coefficient (Wildman–Crippen LogP) is 5.52. The summed E-state index contributed by atoms with van der Waals surface area (Å²) in [6.45, 7) is 3.68. The fraction of sp³-hybridized carbons (Fsp3) is 0.286. The zero-order valence-corrected chi connectivity index (χ0v) is 23.6. The maximum Gasteiger partial charge on any atom is 0.264 e. The molecule has 2 amide bonds. The van der Waals surface area contributed by atoms with Gasteiger partial charge in [0.15, 0.2) is 0 Å². The Bertz CT molecular complexity index is 1340. The van der Waals surface area contributed by atoms with Gasteiger partial charge in [-0.15, -0.1) is 0 Å². The van der Waals surface area contributed by atoms with Crippen molar-refractivity contribution in [1.29, 1.82) is 0 Å². The Morgan fingerprint density at radius 1 is 0.921 bits per heavy atom. The topological polar surface area (TPSA) is 86.8 Å². The van der Waals surface area contributed by atoms with Crippen molar-refractivity contribution in [3.8, 4) is 0 Å². The van der Waals surface area contributed by atoms with Crippen molar-refractivity contribution in [2.75, 3.05) is 17.4 Å². The van der Waals surface area contributed by atoms with Crippen LogP contribution in [0.15, 0.2) is 83.8 Å². The lowest BCUT2D eigenvalue weighted by molar-refractivity contribution is -0.140. The highest BCUT2D eigenvalue weighted by atomic mass is 35.5.